The quantitative estimate of drug-likeness (QED) is 0.792. The second kappa shape index (κ2) is 7.22. The fourth-order valence-electron chi connectivity index (χ4n) is 4.08. The highest BCUT2D eigenvalue weighted by Crippen LogP contribution is 2.27. The lowest BCUT2D eigenvalue weighted by Crippen LogP contribution is -2.52. The number of hydrogen-bond acceptors (Lipinski definition) is 3. The van der Waals surface area contributed by atoms with E-state index in [9.17, 15) is 4.79 Å². The SMILES string of the molecule is CSc1ccccc1C(=O)N1CCN(C2Cc3ccccc3C2)CC1. The van der Waals surface area contributed by atoms with E-state index in [1.165, 1.54) is 11.1 Å². The molecule has 25 heavy (non-hydrogen) atoms. The zero-order valence-electron chi connectivity index (χ0n) is 14.6. The van der Waals surface area contributed by atoms with Crippen molar-refractivity contribution < 1.29 is 4.79 Å². The molecule has 0 N–H and O–H groups in total. The Morgan fingerprint density at radius 2 is 1.52 bits per heavy atom. The molecule has 130 valence electrons. The number of carbonyl (C=O) groups excluding carboxylic acids is 1. The van der Waals surface area contributed by atoms with E-state index in [-0.39, 0.29) is 5.91 Å². The van der Waals surface area contributed by atoms with Crippen LogP contribution in [0, 0.1) is 0 Å². The third kappa shape index (κ3) is 3.33. The van der Waals surface area contributed by atoms with Crippen LogP contribution in [0.25, 0.3) is 0 Å². The maximum Gasteiger partial charge on any atom is 0.255 e. The van der Waals surface area contributed by atoms with E-state index in [1.807, 2.05) is 35.4 Å². The van der Waals surface area contributed by atoms with Crippen molar-refractivity contribution in [2.24, 2.45) is 0 Å². The van der Waals surface area contributed by atoms with Gasteiger partial charge in [-0.25, -0.2) is 0 Å². The van der Waals surface area contributed by atoms with E-state index in [2.05, 4.69) is 29.2 Å². The van der Waals surface area contributed by atoms with E-state index < -0.39 is 0 Å². The smallest absolute Gasteiger partial charge is 0.255 e. The summed E-state index contributed by atoms with van der Waals surface area (Å²) in [5.41, 5.74) is 3.84. The molecule has 0 aromatic heterocycles. The Hall–Kier alpha value is -1.78. The second-order valence-electron chi connectivity index (χ2n) is 6.86. The van der Waals surface area contributed by atoms with Gasteiger partial charge >= 0.3 is 0 Å². The van der Waals surface area contributed by atoms with Gasteiger partial charge in [-0.1, -0.05) is 36.4 Å². The van der Waals surface area contributed by atoms with Crippen LogP contribution in [0.1, 0.15) is 21.5 Å². The Labute approximate surface area is 154 Å². The molecule has 3 nitrogen and oxygen atoms in total. The van der Waals surface area contributed by atoms with Crippen LogP contribution in [-0.2, 0) is 12.8 Å². The molecule has 0 spiro atoms. The number of hydrogen-bond donors (Lipinski definition) is 0. The van der Waals surface area contributed by atoms with Gasteiger partial charge in [0.25, 0.3) is 5.91 Å². The molecule has 2 aromatic rings. The summed E-state index contributed by atoms with van der Waals surface area (Å²) in [6, 6.07) is 17.3. The largest absolute Gasteiger partial charge is 0.336 e. The molecule has 1 saturated heterocycles. The standard InChI is InChI=1S/C21H24N2OS/c1-25-20-9-5-4-8-19(20)21(24)23-12-10-22(11-13-23)18-14-16-6-2-3-7-17(16)15-18/h2-9,18H,10-15H2,1H3. The summed E-state index contributed by atoms with van der Waals surface area (Å²) in [5.74, 6) is 0.180. The summed E-state index contributed by atoms with van der Waals surface area (Å²) >= 11 is 1.64. The zero-order valence-corrected chi connectivity index (χ0v) is 15.5. The number of fused-ring (bicyclic) bond motifs is 1. The fraction of sp³-hybridized carbons (Fsp3) is 0.381. The number of thioether (sulfide) groups is 1. The molecule has 0 bridgehead atoms. The van der Waals surface area contributed by atoms with Gasteiger partial charge in [0.2, 0.25) is 0 Å². The van der Waals surface area contributed by atoms with Crippen LogP contribution < -0.4 is 0 Å². The molecule has 0 atom stereocenters. The van der Waals surface area contributed by atoms with Crippen LogP contribution >= 0.6 is 11.8 Å². The topological polar surface area (TPSA) is 23.6 Å². The number of piperazine rings is 1. The summed E-state index contributed by atoms with van der Waals surface area (Å²) in [5, 5.41) is 0. The number of benzene rings is 2. The normalized spacial score (nSPS) is 18.4. The average Bonchev–Trinajstić information content (AvgIpc) is 3.12. The maximum absolute atomic E-state index is 12.9. The first-order valence-corrected chi connectivity index (χ1v) is 10.2. The van der Waals surface area contributed by atoms with E-state index in [4.69, 9.17) is 0 Å². The summed E-state index contributed by atoms with van der Waals surface area (Å²) in [4.78, 5) is 18.5. The van der Waals surface area contributed by atoms with Gasteiger partial charge < -0.3 is 4.90 Å². The minimum Gasteiger partial charge on any atom is -0.336 e. The molecule has 1 heterocycles. The summed E-state index contributed by atoms with van der Waals surface area (Å²) in [7, 11) is 0. The number of carbonyl (C=O) groups is 1. The van der Waals surface area contributed by atoms with E-state index >= 15 is 0 Å². The molecule has 0 unspecified atom stereocenters. The third-order valence-corrected chi connectivity index (χ3v) is 6.28. The lowest BCUT2D eigenvalue weighted by Gasteiger charge is -2.38. The second-order valence-corrected chi connectivity index (χ2v) is 7.71. The molecule has 0 radical (unpaired) electrons. The van der Waals surface area contributed by atoms with E-state index in [0.29, 0.717) is 6.04 Å². The number of amides is 1. The highest BCUT2D eigenvalue weighted by molar-refractivity contribution is 7.98. The van der Waals surface area contributed by atoms with E-state index in [0.717, 1.165) is 49.5 Å². The first-order valence-electron chi connectivity index (χ1n) is 8.99. The molecular weight excluding hydrogens is 328 g/mol. The van der Waals surface area contributed by atoms with Crippen molar-refractivity contribution in [1.29, 1.82) is 0 Å². The maximum atomic E-state index is 12.9. The Morgan fingerprint density at radius 1 is 0.920 bits per heavy atom. The fourth-order valence-corrected chi connectivity index (χ4v) is 4.67. The van der Waals surface area contributed by atoms with Gasteiger partial charge in [0.05, 0.1) is 5.56 Å². The minimum atomic E-state index is 0.180. The van der Waals surface area contributed by atoms with Crippen molar-refractivity contribution in [3.8, 4) is 0 Å². The molecule has 1 aliphatic heterocycles. The number of rotatable bonds is 3. The van der Waals surface area contributed by atoms with Crippen LogP contribution in [0.4, 0.5) is 0 Å². The molecular formula is C21H24N2OS. The van der Waals surface area contributed by atoms with Gasteiger partial charge in [-0.3, -0.25) is 9.69 Å². The van der Waals surface area contributed by atoms with Gasteiger partial charge in [-0.2, -0.15) is 0 Å². The molecule has 1 aliphatic carbocycles. The van der Waals surface area contributed by atoms with Gasteiger partial charge in [0, 0.05) is 37.1 Å². The average molecular weight is 353 g/mol. The van der Waals surface area contributed by atoms with Crippen LogP contribution in [0.3, 0.4) is 0 Å². The third-order valence-electron chi connectivity index (χ3n) is 5.48. The highest BCUT2D eigenvalue weighted by Gasteiger charge is 2.30. The summed E-state index contributed by atoms with van der Waals surface area (Å²) in [6.07, 6.45) is 4.33. The molecule has 0 saturated carbocycles. The van der Waals surface area contributed by atoms with Crippen LogP contribution in [0.15, 0.2) is 53.4 Å². The first kappa shape index (κ1) is 16.7. The zero-order chi connectivity index (χ0) is 17.2. The monoisotopic (exact) mass is 352 g/mol. The summed E-state index contributed by atoms with van der Waals surface area (Å²) in [6.45, 7) is 3.61. The van der Waals surface area contributed by atoms with Gasteiger partial charge in [0.15, 0.2) is 0 Å². The predicted molar refractivity (Wildman–Crippen MR) is 103 cm³/mol. The summed E-state index contributed by atoms with van der Waals surface area (Å²) < 4.78 is 0. The van der Waals surface area contributed by atoms with Crippen molar-refractivity contribution in [1.82, 2.24) is 9.80 Å². The first-order chi connectivity index (χ1) is 12.3. The Balaban J connectivity index is 1.38. The van der Waals surface area contributed by atoms with Crippen molar-refractivity contribution >= 4 is 17.7 Å². The molecule has 4 rings (SSSR count). The number of nitrogens with zero attached hydrogens (tertiary/aromatic N) is 2. The van der Waals surface area contributed by atoms with Crippen LogP contribution in [0.5, 0.6) is 0 Å². The van der Waals surface area contributed by atoms with Gasteiger partial charge in [-0.15, -0.1) is 11.8 Å². The van der Waals surface area contributed by atoms with Gasteiger partial charge in [-0.05, 0) is 42.4 Å². The molecule has 1 amide bonds. The Kier molecular flexibility index (Phi) is 4.82. The molecule has 1 fully saturated rings. The Bertz CT molecular complexity index is 743. The molecule has 2 aliphatic rings. The van der Waals surface area contributed by atoms with Crippen molar-refractivity contribution in [2.45, 2.75) is 23.8 Å². The van der Waals surface area contributed by atoms with Crippen molar-refractivity contribution in [3.63, 3.8) is 0 Å². The minimum absolute atomic E-state index is 0.180. The van der Waals surface area contributed by atoms with Crippen LogP contribution in [-0.4, -0.2) is 54.2 Å². The van der Waals surface area contributed by atoms with E-state index in [1.54, 1.807) is 11.8 Å². The van der Waals surface area contributed by atoms with Crippen molar-refractivity contribution in [3.05, 3.63) is 65.2 Å². The van der Waals surface area contributed by atoms with Crippen LogP contribution in [0.2, 0.25) is 0 Å². The predicted octanol–water partition coefficient (Wildman–Crippen LogP) is 3.33. The Morgan fingerprint density at radius 3 is 2.16 bits per heavy atom. The molecule has 4 heteroatoms. The van der Waals surface area contributed by atoms with Crippen molar-refractivity contribution in [2.75, 3.05) is 32.4 Å². The van der Waals surface area contributed by atoms with Gasteiger partial charge in [0.1, 0.15) is 0 Å². The highest BCUT2D eigenvalue weighted by atomic mass is 32.2. The lowest BCUT2D eigenvalue weighted by atomic mass is 10.1. The molecule has 2 aromatic carbocycles. The lowest BCUT2D eigenvalue weighted by molar-refractivity contribution is 0.0573.